The van der Waals surface area contributed by atoms with Crippen LogP contribution in [0.4, 0.5) is 0 Å². The van der Waals surface area contributed by atoms with Crippen molar-refractivity contribution in [3.05, 3.63) is 17.5 Å². The molecule has 0 aliphatic carbocycles. The maximum Gasteiger partial charge on any atom is 0.254 e. The second-order valence-electron chi connectivity index (χ2n) is 3.42. The Bertz CT molecular complexity index is 335. The summed E-state index contributed by atoms with van der Waals surface area (Å²) in [6, 6.07) is 0. The highest BCUT2D eigenvalue weighted by Crippen LogP contribution is 2.04. The average Bonchev–Trinajstić information content (AvgIpc) is 2.55. The number of unbranched alkanes of at least 4 members (excludes halogenated alkanes) is 1. The molecule has 0 aliphatic heterocycles. The topological polar surface area (TPSA) is 46.9 Å². The third-order valence-electron chi connectivity index (χ3n) is 2.33. The fourth-order valence-corrected chi connectivity index (χ4v) is 1.43. The number of hydrogen-bond acceptors (Lipinski definition) is 2. The molecule has 1 aromatic heterocycles. The first-order valence-electron chi connectivity index (χ1n) is 4.99. The van der Waals surface area contributed by atoms with Crippen LogP contribution in [-0.4, -0.2) is 28.1 Å². The number of nitrogens with zero attached hydrogens (tertiary/aromatic N) is 2. The van der Waals surface area contributed by atoms with Crippen molar-refractivity contribution in [2.75, 3.05) is 12.4 Å². The molecule has 1 rings (SSSR count). The minimum absolute atomic E-state index is 0.0600. The van der Waals surface area contributed by atoms with Gasteiger partial charge in [0.15, 0.2) is 0 Å². The van der Waals surface area contributed by atoms with E-state index in [1.807, 2.05) is 14.0 Å². The number of aryl methyl sites for hydroxylation is 1. The minimum atomic E-state index is -0.0600. The standard InChI is InChI=1S/C10H16ClN3O/c1-8-9(7-13-14(8)2)10(15)12-6-4-3-5-11/h7H,3-6H2,1-2H3,(H,12,15). The maximum absolute atomic E-state index is 11.6. The average molecular weight is 230 g/mol. The van der Waals surface area contributed by atoms with Gasteiger partial charge in [0, 0.05) is 25.2 Å². The van der Waals surface area contributed by atoms with E-state index in [1.165, 1.54) is 0 Å². The van der Waals surface area contributed by atoms with Crippen LogP contribution in [0.5, 0.6) is 0 Å². The van der Waals surface area contributed by atoms with Crippen LogP contribution in [0.3, 0.4) is 0 Å². The quantitative estimate of drug-likeness (QED) is 0.614. The Kier molecular flexibility index (Phi) is 4.62. The Morgan fingerprint density at radius 2 is 2.33 bits per heavy atom. The molecule has 0 spiro atoms. The van der Waals surface area contributed by atoms with Gasteiger partial charge in [0.05, 0.1) is 11.8 Å². The molecule has 0 aromatic carbocycles. The van der Waals surface area contributed by atoms with Gasteiger partial charge in [-0.05, 0) is 19.8 Å². The van der Waals surface area contributed by atoms with E-state index in [4.69, 9.17) is 11.6 Å². The van der Waals surface area contributed by atoms with Crippen molar-refractivity contribution >= 4 is 17.5 Å². The van der Waals surface area contributed by atoms with Gasteiger partial charge in [0.2, 0.25) is 0 Å². The number of alkyl halides is 1. The molecule has 15 heavy (non-hydrogen) atoms. The third kappa shape index (κ3) is 3.23. The van der Waals surface area contributed by atoms with E-state index in [-0.39, 0.29) is 5.91 Å². The van der Waals surface area contributed by atoms with Crippen LogP contribution >= 0.6 is 11.6 Å². The van der Waals surface area contributed by atoms with Gasteiger partial charge in [-0.25, -0.2) is 0 Å². The first-order chi connectivity index (χ1) is 7.16. The molecule has 0 bridgehead atoms. The van der Waals surface area contributed by atoms with Gasteiger partial charge >= 0.3 is 0 Å². The summed E-state index contributed by atoms with van der Waals surface area (Å²) in [5.74, 6) is 0.581. The highest BCUT2D eigenvalue weighted by Gasteiger charge is 2.11. The van der Waals surface area contributed by atoms with E-state index in [0.29, 0.717) is 18.0 Å². The third-order valence-corrected chi connectivity index (χ3v) is 2.59. The summed E-state index contributed by atoms with van der Waals surface area (Å²) < 4.78 is 1.69. The molecule has 1 amide bonds. The lowest BCUT2D eigenvalue weighted by atomic mass is 10.2. The van der Waals surface area contributed by atoms with Crippen molar-refractivity contribution in [2.45, 2.75) is 19.8 Å². The molecule has 0 aliphatic rings. The summed E-state index contributed by atoms with van der Waals surface area (Å²) in [6.07, 6.45) is 3.43. The highest BCUT2D eigenvalue weighted by molar-refractivity contribution is 6.17. The van der Waals surface area contributed by atoms with Crippen molar-refractivity contribution in [3.63, 3.8) is 0 Å². The number of carbonyl (C=O) groups excluding carboxylic acids is 1. The van der Waals surface area contributed by atoms with Crippen LogP contribution in [0.2, 0.25) is 0 Å². The lowest BCUT2D eigenvalue weighted by Gasteiger charge is -2.03. The SMILES string of the molecule is Cc1c(C(=O)NCCCCCl)cnn1C. The van der Waals surface area contributed by atoms with Gasteiger partial charge in [-0.1, -0.05) is 0 Å². The van der Waals surface area contributed by atoms with Gasteiger partial charge in [-0.15, -0.1) is 11.6 Å². The minimum Gasteiger partial charge on any atom is -0.352 e. The fourth-order valence-electron chi connectivity index (χ4n) is 1.24. The Labute approximate surface area is 94.6 Å². The van der Waals surface area contributed by atoms with Crippen LogP contribution in [0.15, 0.2) is 6.20 Å². The van der Waals surface area contributed by atoms with E-state index in [9.17, 15) is 4.79 Å². The lowest BCUT2D eigenvalue weighted by Crippen LogP contribution is -2.24. The largest absolute Gasteiger partial charge is 0.352 e. The van der Waals surface area contributed by atoms with Crippen LogP contribution in [-0.2, 0) is 7.05 Å². The summed E-state index contributed by atoms with van der Waals surface area (Å²) in [5.41, 5.74) is 1.52. The number of amides is 1. The number of rotatable bonds is 5. The smallest absolute Gasteiger partial charge is 0.254 e. The molecule has 84 valence electrons. The molecule has 1 N–H and O–H groups in total. The molecule has 0 saturated heterocycles. The van der Waals surface area contributed by atoms with Crippen molar-refractivity contribution in [3.8, 4) is 0 Å². The predicted octanol–water partition coefficient (Wildman–Crippen LogP) is 1.48. The maximum atomic E-state index is 11.6. The second-order valence-corrected chi connectivity index (χ2v) is 3.80. The first-order valence-corrected chi connectivity index (χ1v) is 5.53. The molecule has 5 heteroatoms. The first kappa shape index (κ1) is 12.0. The zero-order valence-electron chi connectivity index (χ0n) is 9.09. The molecule has 0 saturated carbocycles. The summed E-state index contributed by atoms with van der Waals surface area (Å²) in [7, 11) is 1.82. The van der Waals surface area contributed by atoms with Crippen LogP contribution in [0, 0.1) is 6.92 Å². The molecule has 0 fully saturated rings. The van der Waals surface area contributed by atoms with Gasteiger partial charge in [-0.3, -0.25) is 9.48 Å². The summed E-state index contributed by atoms with van der Waals surface area (Å²) in [6.45, 7) is 2.54. The molecular weight excluding hydrogens is 214 g/mol. The van der Waals surface area contributed by atoms with Gasteiger partial charge < -0.3 is 5.32 Å². The molecule has 0 radical (unpaired) electrons. The molecule has 0 atom stereocenters. The van der Waals surface area contributed by atoms with Gasteiger partial charge in [0.1, 0.15) is 0 Å². The van der Waals surface area contributed by atoms with Crippen LogP contribution in [0.25, 0.3) is 0 Å². The Morgan fingerprint density at radius 3 is 2.87 bits per heavy atom. The number of nitrogens with one attached hydrogen (secondary N) is 1. The van der Waals surface area contributed by atoms with E-state index < -0.39 is 0 Å². The normalized spacial score (nSPS) is 10.3. The summed E-state index contributed by atoms with van der Waals surface area (Å²) in [5, 5.41) is 6.85. The lowest BCUT2D eigenvalue weighted by molar-refractivity contribution is 0.0952. The Hall–Kier alpha value is -1.03. The fraction of sp³-hybridized carbons (Fsp3) is 0.600. The van der Waals surface area contributed by atoms with Crippen LogP contribution < -0.4 is 5.32 Å². The monoisotopic (exact) mass is 229 g/mol. The molecule has 0 unspecified atom stereocenters. The van der Waals surface area contributed by atoms with E-state index in [1.54, 1.807) is 10.9 Å². The van der Waals surface area contributed by atoms with Gasteiger partial charge in [-0.2, -0.15) is 5.10 Å². The van der Waals surface area contributed by atoms with E-state index in [0.717, 1.165) is 18.5 Å². The molecular formula is C10H16ClN3O. The molecule has 1 aromatic rings. The second kappa shape index (κ2) is 5.75. The van der Waals surface area contributed by atoms with Crippen molar-refractivity contribution in [1.82, 2.24) is 15.1 Å². The highest BCUT2D eigenvalue weighted by atomic mass is 35.5. The number of aromatic nitrogens is 2. The van der Waals surface area contributed by atoms with E-state index in [2.05, 4.69) is 10.4 Å². The molecule has 4 nitrogen and oxygen atoms in total. The zero-order chi connectivity index (χ0) is 11.3. The number of carbonyl (C=O) groups is 1. The predicted molar refractivity (Wildman–Crippen MR) is 60.2 cm³/mol. The van der Waals surface area contributed by atoms with Crippen molar-refractivity contribution < 1.29 is 4.79 Å². The Balaban J connectivity index is 2.44. The van der Waals surface area contributed by atoms with E-state index >= 15 is 0 Å². The van der Waals surface area contributed by atoms with Crippen molar-refractivity contribution in [1.29, 1.82) is 0 Å². The van der Waals surface area contributed by atoms with Crippen molar-refractivity contribution in [2.24, 2.45) is 7.05 Å². The summed E-state index contributed by atoms with van der Waals surface area (Å²) in [4.78, 5) is 11.6. The Morgan fingerprint density at radius 1 is 1.60 bits per heavy atom. The molecule has 1 heterocycles. The van der Waals surface area contributed by atoms with Gasteiger partial charge in [0.25, 0.3) is 5.91 Å². The number of halogens is 1. The number of hydrogen-bond donors (Lipinski definition) is 1. The van der Waals surface area contributed by atoms with Crippen LogP contribution in [0.1, 0.15) is 28.9 Å². The zero-order valence-corrected chi connectivity index (χ0v) is 9.84. The summed E-state index contributed by atoms with van der Waals surface area (Å²) >= 11 is 5.54.